The highest BCUT2D eigenvalue weighted by Crippen LogP contribution is 2.49. The predicted molar refractivity (Wildman–Crippen MR) is 222 cm³/mol. The zero-order valence-corrected chi connectivity index (χ0v) is 38.1. The van der Waals surface area contributed by atoms with Gasteiger partial charge in [-0.3, -0.25) is 22.4 Å². The van der Waals surface area contributed by atoms with Gasteiger partial charge in [0, 0.05) is 12.4 Å². The lowest BCUT2D eigenvalue weighted by Crippen LogP contribution is -2.27. The first-order chi connectivity index (χ1) is 28.8. The van der Waals surface area contributed by atoms with Crippen LogP contribution in [0.5, 0.6) is 0 Å². The normalized spacial score (nSPS) is 19.2. The van der Waals surface area contributed by atoms with E-state index in [1.807, 2.05) is 6.92 Å². The van der Waals surface area contributed by atoms with Gasteiger partial charge < -0.3 is 48.9 Å². The Bertz CT molecular complexity index is 2170. The number of ether oxygens (including phenoxy) is 3. The van der Waals surface area contributed by atoms with E-state index < -0.39 is 82.6 Å². The average molecular weight is 967 g/mol. The summed E-state index contributed by atoms with van der Waals surface area (Å²) in [7, 11) is -10.8. The van der Waals surface area contributed by atoms with Crippen molar-refractivity contribution in [1.82, 2.24) is 19.1 Å². The summed E-state index contributed by atoms with van der Waals surface area (Å²) < 4.78 is 118. The highest BCUT2D eigenvalue weighted by molar-refractivity contribution is 8.00. The Morgan fingerprint density at radius 3 is 1.64 bits per heavy atom. The summed E-state index contributed by atoms with van der Waals surface area (Å²) in [5, 5.41) is 8.02. The number of nitrogen functional groups attached to an aromatic ring is 2. The number of nitrogens with zero attached hydrogens (tertiary/aromatic N) is 4. The van der Waals surface area contributed by atoms with E-state index in [0.29, 0.717) is 0 Å². The number of rotatable bonds is 19. The van der Waals surface area contributed by atoms with E-state index in [2.05, 4.69) is 9.97 Å². The zero-order chi connectivity index (χ0) is 45.4. The summed E-state index contributed by atoms with van der Waals surface area (Å²) in [6, 6.07) is 6.16. The second-order valence-electron chi connectivity index (χ2n) is 12.1. The summed E-state index contributed by atoms with van der Waals surface area (Å²) >= 11 is 2.50. The fraction of sp³-hybridized carbons (Fsp3) is 0.576. The molecule has 2 aliphatic heterocycles. The molecule has 1 aromatic carbocycles. The molecule has 5 rings (SSSR count). The van der Waals surface area contributed by atoms with Crippen LogP contribution in [0.15, 0.2) is 51.1 Å². The van der Waals surface area contributed by atoms with Crippen LogP contribution in [0.25, 0.3) is 0 Å². The molecule has 2 aromatic heterocycles. The Morgan fingerprint density at radius 1 is 0.787 bits per heavy atom. The number of anilines is 2. The van der Waals surface area contributed by atoms with Crippen LogP contribution in [0.1, 0.15) is 44.0 Å². The van der Waals surface area contributed by atoms with Gasteiger partial charge >= 0.3 is 26.6 Å². The molecule has 61 heavy (non-hydrogen) atoms. The lowest BCUT2D eigenvalue weighted by molar-refractivity contribution is 0.0452. The highest BCUT2D eigenvalue weighted by Gasteiger charge is 2.32. The van der Waals surface area contributed by atoms with Gasteiger partial charge in [-0.05, 0) is 46.8 Å². The molecule has 28 heteroatoms. The van der Waals surface area contributed by atoms with Crippen LogP contribution in [0, 0.1) is 18.6 Å². The monoisotopic (exact) mass is 966 g/mol. The number of nitrogens with two attached hydrogens (primary N) is 2. The largest absolute Gasteiger partial charge is 0.393 e. The minimum absolute atomic E-state index is 0.00245. The van der Waals surface area contributed by atoms with E-state index in [-0.39, 0.29) is 69.5 Å². The summed E-state index contributed by atoms with van der Waals surface area (Å²) in [6.07, 6.45) is 1.18. The van der Waals surface area contributed by atoms with Crippen molar-refractivity contribution >= 4 is 60.5 Å². The SMILES string of the molecule is CCOP(=O)(COCC1OCC(n2cc(F)c(N)nc2=O)S1)OCC.CCOP(=O)(COS(=O)(=O)c1ccc(C)cc1)OCC.Nc1nc(=O)n(C2COC(CO)S2)cc1F. The number of hydrogen-bond donors (Lipinski definition) is 3. The first-order valence-corrected chi connectivity index (χ1v) is 25.1. The molecule has 5 N–H and O–H groups in total. The van der Waals surface area contributed by atoms with Crippen LogP contribution in [0.4, 0.5) is 20.4 Å². The molecular weight excluding hydrogens is 917 g/mol. The Hall–Kier alpha value is -2.81. The summed E-state index contributed by atoms with van der Waals surface area (Å²) in [4.78, 5) is 30.0. The summed E-state index contributed by atoms with van der Waals surface area (Å²) in [5.41, 5.74) is 9.28. The number of thioether (sulfide) groups is 2. The predicted octanol–water partition coefficient (Wildman–Crippen LogP) is 4.26. The molecule has 21 nitrogen and oxygen atoms in total. The molecule has 0 bridgehead atoms. The average Bonchev–Trinajstić information content (AvgIpc) is 3.88. The number of aryl methyl sites for hydroxylation is 1. The molecular formula is C33H50F2N6O15P2S3. The quantitative estimate of drug-likeness (QED) is 0.112. The van der Waals surface area contributed by atoms with Gasteiger partial charge in [-0.25, -0.2) is 18.4 Å². The van der Waals surface area contributed by atoms with Gasteiger partial charge in [0.1, 0.15) is 28.0 Å². The lowest BCUT2D eigenvalue weighted by atomic mass is 10.2. The van der Waals surface area contributed by atoms with Gasteiger partial charge in [-0.2, -0.15) is 18.4 Å². The van der Waals surface area contributed by atoms with Crippen molar-refractivity contribution in [2.45, 2.75) is 61.1 Å². The number of aliphatic hydroxyl groups is 1. The number of aromatic nitrogens is 4. The molecule has 2 aliphatic rings. The van der Waals surface area contributed by atoms with Crippen molar-refractivity contribution in [1.29, 1.82) is 0 Å². The first-order valence-electron chi connectivity index (χ1n) is 18.4. The van der Waals surface area contributed by atoms with E-state index >= 15 is 0 Å². The second-order valence-corrected chi connectivity index (χ2v) is 20.4. The summed E-state index contributed by atoms with van der Waals surface area (Å²) in [5.74, 6) is -2.36. The van der Waals surface area contributed by atoms with E-state index in [4.69, 9.17) is 53.1 Å². The number of halogens is 2. The van der Waals surface area contributed by atoms with E-state index in [1.165, 1.54) is 35.7 Å². The molecule has 0 saturated carbocycles. The maximum Gasteiger partial charge on any atom is 0.357 e. The molecule has 3 aromatic rings. The molecule has 0 radical (unpaired) electrons. The smallest absolute Gasteiger partial charge is 0.357 e. The highest BCUT2D eigenvalue weighted by atomic mass is 32.2. The fourth-order valence-corrected chi connectivity index (χ4v) is 11.0. The third-order valence-corrected chi connectivity index (χ3v) is 15.1. The van der Waals surface area contributed by atoms with Gasteiger partial charge in [0.2, 0.25) is 0 Å². The molecule has 4 unspecified atom stereocenters. The standard InChI is InChI=1S/C13H21FN3O6PS.C12H19O6PS.C8H10FN3O3S/c1-3-22-24(19,23-4-2)8-20-7-11-21-6-10(25-11)17-5-9(14)12(15)16-13(17)18;1-4-16-19(13,17-5-2)10-18-20(14,15)12-8-6-11(3)7-9-12;9-4-1-12(8(14)11-7(4)10)5-3-15-6(2-13)16-5/h5,10-11H,3-4,6-8H2,1-2H3,(H2,15,16,18);6-9H,4-5,10H2,1-3H3;1,5-6,13H,2-3H2,(H2,10,11,14). The Kier molecular flexibility index (Phi) is 21.4. The van der Waals surface area contributed by atoms with Crippen LogP contribution >= 0.6 is 38.7 Å². The molecule has 344 valence electrons. The first kappa shape index (κ1) is 52.5. The minimum Gasteiger partial charge on any atom is -0.393 e. The third kappa shape index (κ3) is 16.4. The zero-order valence-electron chi connectivity index (χ0n) is 33.8. The Balaban J connectivity index is 0.000000250. The van der Waals surface area contributed by atoms with E-state index in [0.717, 1.165) is 27.1 Å². The maximum atomic E-state index is 13.5. The van der Waals surface area contributed by atoms with Crippen molar-refractivity contribution in [3.8, 4) is 0 Å². The van der Waals surface area contributed by atoms with Gasteiger partial charge in [0.15, 0.2) is 29.6 Å². The van der Waals surface area contributed by atoms with Crippen LogP contribution in [0.2, 0.25) is 0 Å². The van der Waals surface area contributed by atoms with Crippen LogP contribution in [-0.2, 0) is 55.7 Å². The van der Waals surface area contributed by atoms with Gasteiger partial charge in [-0.15, -0.1) is 23.5 Å². The van der Waals surface area contributed by atoms with Crippen molar-refractivity contribution in [3.05, 3.63) is 74.8 Å². The van der Waals surface area contributed by atoms with Crippen LogP contribution in [0.3, 0.4) is 0 Å². The third-order valence-electron chi connectivity index (χ3n) is 7.59. The van der Waals surface area contributed by atoms with Crippen LogP contribution in [-0.4, -0.2) is 109 Å². The number of aliphatic hydroxyl groups excluding tert-OH is 1. The minimum atomic E-state index is -3.98. The number of benzene rings is 1. The molecule has 2 fully saturated rings. The molecule has 0 amide bonds. The number of hydrogen-bond acceptors (Lipinski definition) is 21. The van der Waals surface area contributed by atoms with Crippen LogP contribution < -0.4 is 22.8 Å². The van der Waals surface area contributed by atoms with Crippen molar-refractivity contribution < 1.29 is 67.9 Å². The van der Waals surface area contributed by atoms with Crippen molar-refractivity contribution in [2.24, 2.45) is 0 Å². The second kappa shape index (κ2) is 24.9. The molecule has 4 heterocycles. The van der Waals surface area contributed by atoms with E-state index in [1.54, 1.807) is 39.8 Å². The molecule has 0 aliphatic carbocycles. The Morgan fingerprint density at radius 2 is 1.21 bits per heavy atom. The maximum absolute atomic E-state index is 13.5. The van der Waals surface area contributed by atoms with Gasteiger partial charge in [-0.1, -0.05) is 17.7 Å². The van der Waals surface area contributed by atoms with E-state index in [9.17, 15) is 35.9 Å². The van der Waals surface area contributed by atoms with Crippen molar-refractivity contribution in [3.63, 3.8) is 0 Å². The Labute approximate surface area is 359 Å². The van der Waals surface area contributed by atoms with Crippen molar-refractivity contribution in [2.75, 3.05) is 77.0 Å². The molecule has 0 spiro atoms. The fourth-order valence-electron chi connectivity index (χ4n) is 4.87. The molecule has 2 saturated heterocycles. The van der Waals surface area contributed by atoms with Gasteiger partial charge in [0.25, 0.3) is 10.1 Å². The topological polar surface area (TPSA) is 284 Å². The lowest BCUT2D eigenvalue weighted by Gasteiger charge is -2.18. The summed E-state index contributed by atoms with van der Waals surface area (Å²) in [6.45, 7) is 9.69. The van der Waals surface area contributed by atoms with Gasteiger partial charge in [0.05, 0.1) is 57.8 Å². The molecule has 4 atom stereocenters.